The Morgan fingerprint density at radius 3 is 2.45 bits per heavy atom. The molecule has 3 nitrogen and oxygen atoms in total. The number of nitrogens with one attached hydrogen (secondary N) is 1. The molecular formula is C16H25Cl3N2O. The fourth-order valence-electron chi connectivity index (χ4n) is 3.35. The molecule has 6 heteroatoms. The van der Waals surface area contributed by atoms with Gasteiger partial charge in [0.05, 0.1) is 5.60 Å². The summed E-state index contributed by atoms with van der Waals surface area (Å²) in [5.41, 5.74) is 0.647. The molecule has 1 atom stereocenters. The second-order valence-corrected chi connectivity index (χ2v) is 6.55. The van der Waals surface area contributed by atoms with Crippen molar-refractivity contribution in [2.24, 2.45) is 0 Å². The van der Waals surface area contributed by atoms with Crippen molar-refractivity contribution in [3.05, 3.63) is 34.9 Å². The van der Waals surface area contributed by atoms with Gasteiger partial charge in [-0.25, -0.2) is 0 Å². The summed E-state index contributed by atoms with van der Waals surface area (Å²) in [4.78, 5) is 2.46. The molecule has 0 aromatic heterocycles. The van der Waals surface area contributed by atoms with E-state index in [1.807, 2.05) is 18.2 Å². The predicted molar refractivity (Wildman–Crippen MR) is 96.8 cm³/mol. The maximum absolute atomic E-state index is 10.9. The highest BCUT2D eigenvalue weighted by molar-refractivity contribution is 6.30. The van der Waals surface area contributed by atoms with Gasteiger partial charge in [0.15, 0.2) is 0 Å². The Hall–Kier alpha value is -0.0300. The number of aliphatic hydroxyl groups is 1. The molecule has 1 aliphatic heterocycles. The molecule has 1 saturated carbocycles. The van der Waals surface area contributed by atoms with Gasteiger partial charge in [-0.05, 0) is 37.0 Å². The normalized spacial score (nSPS) is 21.9. The summed E-state index contributed by atoms with van der Waals surface area (Å²) < 4.78 is 0. The molecule has 0 radical (unpaired) electrons. The Morgan fingerprint density at radius 2 is 1.91 bits per heavy atom. The Labute approximate surface area is 150 Å². The minimum atomic E-state index is -0.532. The summed E-state index contributed by atoms with van der Waals surface area (Å²) in [5.74, 6) is 0.174. The van der Waals surface area contributed by atoms with Crippen molar-refractivity contribution in [3.63, 3.8) is 0 Å². The quantitative estimate of drug-likeness (QED) is 0.858. The van der Waals surface area contributed by atoms with Gasteiger partial charge in [-0.2, -0.15) is 0 Å². The van der Waals surface area contributed by atoms with Crippen LogP contribution in [0, 0.1) is 0 Å². The van der Waals surface area contributed by atoms with E-state index in [2.05, 4.69) is 16.3 Å². The van der Waals surface area contributed by atoms with Crippen molar-refractivity contribution in [1.29, 1.82) is 0 Å². The van der Waals surface area contributed by atoms with Crippen molar-refractivity contribution in [2.45, 2.75) is 30.8 Å². The molecule has 1 aliphatic carbocycles. The number of rotatable bonds is 4. The molecule has 0 bridgehead atoms. The summed E-state index contributed by atoms with van der Waals surface area (Å²) in [6, 6.07) is 8.02. The molecule has 1 aromatic carbocycles. The first-order chi connectivity index (χ1) is 9.67. The number of hydrogen-bond donors (Lipinski definition) is 2. The third kappa shape index (κ3) is 4.50. The molecule has 1 unspecified atom stereocenters. The van der Waals surface area contributed by atoms with E-state index in [4.69, 9.17) is 11.6 Å². The van der Waals surface area contributed by atoms with E-state index in [1.165, 1.54) is 5.56 Å². The maximum atomic E-state index is 10.9. The van der Waals surface area contributed by atoms with Crippen molar-refractivity contribution in [3.8, 4) is 0 Å². The van der Waals surface area contributed by atoms with Crippen LogP contribution in [-0.4, -0.2) is 48.3 Å². The molecule has 1 heterocycles. The number of halogens is 3. The van der Waals surface area contributed by atoms with E-state index in [-0.39, 0.29) is 30.7 Å². The van der Waals surface area contributed by atoms with Crippen LogP contribution in [0.2, 0.25) is 5.02 Å². The van der Waals surface area contributed by atoms with Gasteiger partial charge in [0.2, 0.25) is 0 Å². The Bertz CT molecular complexity index is 462. The summed E-state index contributed by atoms with van der Waals surface area (Å²) in [7, 11) is 0. The smallest absolute Gasteiger partial charge is 0.0728 e. The third-order valence-corrected chi connectivity index (χ3v) is 5.00. The van der Waals surface area contributed by atoms with Crippen molar-refractivity contribution < 1.29 is 5.11 Å². The first kappa shape index (κ1) is 20.0. The zero-order valence-electron chi connectivity index (χ0n) is 12.6. The number of nitrogens with zero attached hydrogens (tertiary/aromatic N) is 1. The Balaban J connectivity index is 0.00000121. The first-order valence-corrected chi connectivity index (χ1v) is 7.96. The molecule has 0 amide bonds. The minimum Gasteiger partial charge on any atom is -0.389 e. The molecule has 3 rings (SSSR count). The second kappa shape index (κ2) is 8.72. The first-order valence-electron chi connectivity index (χ1n) is 7.58. The molecule has 2 fully saturated rings. The van der Waals surface area contributed by atoms with Crippen LogP contribution in [0.3, 0.4) is 0 Å². The molecule has 2 N–H and O–H groups in total. The summed E-state index contributed by atoms with van der Waals surface area (Å²) >= 11 is 6.14. The van der Waals surface area contributed by atoms with Gasteiger partial charge in [0.1, 0.15) is 0 Å². The Kier molecular flexibility index (Phi) is 7.93. The van der Waals surface area contributed by atoms with Gasteiger partial charge in [-0.15, -0.1) is 24.8 Å². The zero-order chi connectivity index (χ0) is 14.0. The highest BCUT2D eigenvalue weighted by Crippen LogP contribution is 2.44. The van der Waals surface area contributed by atoms with Crippen molar-refractivity contribution in [2.75, 3.05) is 32.7 Å². The van der Waals surface area contributed by atoms with Crippen LogP contribution in [0.15, 0.2) is 24.3 Å². The average Bonchev–Trinajstić information content (AvgIpc) is 2.43. The van der Waals surface area contributed by atoms with Crippen LogP contribution >= 0.6 is 36.4 Å². The largest absolute Gasteiger partial charge is 0.389 e. The van der Waals surface area contributed by atoms with Crippen LogP contribution in [0.5, 0.6) is 0 Å². The second-order valence-electron chi connectivity index (χ2n) is 6.12. The standard InChI is InChI=1S/C16H23ClN2O.2ClH/c17-14-4-1-3-13(11-14)15(16(20)5-2-6-16)12-19-9-7-18-8-10-19;;/h1,3-4,11,15,18,20H,2,5-10,12H2;2*1H. The lowest BCUT2D eigenvalue weighted by molar-refractivity contribution is -0.0652. The molecular weight excluding hydrogens is 343 g/mol. The highest BCUT2D eigenvalue weighted by Gasteiger charge is 2.43. The Morgan fingerprint density at radius 1 is 1.23 bits per heavy atom. The van der Waals surface area contributed by atoms with Crippen LogP contribution in [0.4, 0.5) is 0 Å². The summed E-state index contributed by atoms with van der Waals surface area (Å²) in [6.45, 7) is 5.14. The van der Waals surface area contributed by atoms with Gasteiger partial charge in [-0.1, -0.05) is 23.7 Å². The lowest BCUT2D eigenvalue weighted by Gasteiger charge is -2.46. The fraction of sp³-hybridized carbons (Fsp3) is 0.625. The van der Waals surface area contributed by atoms with Crippen LogP contribution in [-0.2, 0) is 0 Å². The summed E-state index contributed by atoms with van der Waals surface area (Å²) in [5, 5.41) is 15.0. The van der Waals surface area contributed by atoms with Gasteiger partial charge in [0.25, 0.3) is 0 Å². The number of piperazine rings is 1. The molecule has 126 valence electrons. The third-order valence-electron chi connectivity index (χ3n) is 4.77. The van der Waals surface area contributed by atoms with Crippen molar-refractivity contribution >= 4 is 36.4 Å². The lowest BCUT2D eigenvalue weighted by atomic mass is 9.68. The van der Waals surface area contributed by atoms with E-state index in [9.17, 15) is 5.11 Å². The van der Waals surface area contributed by atoms with Crippen LogP contribution < -0.4 is 5.32 Å². The van der Waals surface area contributed by atoms with Crippen LogP contribution in [0.25, 0.3) is 0 Å². The summed E-state index contributed by atoms with van der Waals surface area (Å²) in [6.07, 6.45) is 2.96. The van der Waals surface area contributed by atoms with E-state index in [0.717, 1.165) is 57.0 Å². The highest BCUT2D eigenvalue weighted by atomic mass is 35.5. The van der Waals surface area contributed by atoms with Gasteiger partial charge < -0.3 is 15.3 Å². The predicted octanol–water partition coefficient (Wildman–Crippen LogP) is 3.09. The number of benzene rings is 1. The minimum absolute atomic E-state index is 0. The molecule has 1 aromatic rings. The lowest BCUT2D eigenvalue weighted by Crippen LogP contribution is -2.51. The van der Waals surface area contributed by atoms with Gasteiger partial charge >= 0.3 is 0 Å². The van der Waals surface area contributed by atoms with Gasteiger partial charge in [0, 0.05) is 43.7 Å². The van der Waals surface area contributed by atoms with E-state index in [1.54, 1.807) is 0 Å². The van der Waals surface area contributed by atoms with E-state index in [0.29, 0.717) is 0 Å². The van der Waals surface area contributed by atoms with Crippen LogP contribution in [0.1, 0.15) is 30.7 Å². The topological polar surface area (TPSA) is 35.5 Å². The molecule has 0 spiro atoms. The van der Waals surface area contributed by atoms with E-state index < -0.39 is 5.60 Å². The number of hydrogen-bond acceptors (Lipinski definition) is 3. The van der Waals surface area contributed by atoms with Gasteiger partial charge in [-0.3, -0.25) is 0 Å². The average molecular weight is 368 g/mol. The molecule has 22 heavy (non-hydrogen) atoms. The van der Waals surface area contributed by atoms with E-state index >= 15 is 0 Å². The monoisotopic (exact) mass is 366 g/mol. The molecule has 2 aliphatic rings. The fourth-order valence-corrected chi connectivity index (χ4v) is 3.55. The van der Waals surface area contributed by atoms with Crippen molar-refractivity contribution in [1.82, 2.24) is 10.2 Å². The maximum Gasteiger partial charge on any atom is 0.0728 e. The zero-order valence-corrected chi connectivity index (χ0v) is 15.0. The molecule has 1 saturated heterocycles. The SMILES string of the molecule is Cl.Cl.OC1(C(CN2CCNCC2)c2cccc(Cl)c2)CCC1.